The van der Waals surface area contributed by atoms with Gasteiger partial charge < -0.3 is 14.6 Å². The second kappa shape index (κ2) is 9.67. The minimum absolute atomic E-state index is 0.395. The number of ether oxygens (including phenoxy) is 2. The van der Waals surface area contributed by atoms with Gasteiger partial charge in [-0.25, -0.2) is 4.79 Å². The standard InChI is InChI=1S/C26H21BrO4/c27-26-22-15-24(30-16-19-9-5-2-6-10-19)21(13-18-7-3-1-4-8-18)14-20(22)11-12-23(26)31-17-25(28)29/h1-12,14-15H,13,16-17H2,(H,28,29). The molecule has 31 heavy (non-hydrogen) atoms. The van der Waals surface area contributed by atoms with Crippen molar-refractivity contribution in [3.63, 3.8) is 0 Å². The average molecular weight is 477 g/mol. The maximum Gasteiger partial charge on any atom is 0.341 e. The lowest BCUT2D eigenvalue weighted by Gasteiger charge is -2.16. The van der Waals surface area contributed by atoms with E-state index in [0.717, 1.165) is 34.1 Å². The minimum Gasteiger partial charge on any atom is -0.489 e. The van der Waals surface area contributed by atoms with Crippen LogP contribution in [-0.2, 0) is 17.8 Å². The Kier molecular flexibility index (Phi) is 6.53. The molecule has 0 aliphatic carbocycles. The van der Waals surface area contributed by atoms with Crippen molar-refractivity contribution in [1.82, 2.24) is 0 Å². The number of aliphatic carboxylic acids is 1. The molecule has 0 fully saturated rings. The fourth-order valence-corrected chi connectivity index (χ4v) is 4.01. The highest BCUT2D eigenvalue weighted by Gasteiger charge is 2.13. The molecule has 0 aliphatic heterocycles. The molecule has 0 aromatic heterocycles. The Bertz CT molecular complexity index is 1190. The van der Waals surface area contributed by atoms with Crippen molar-refractivity contribution >= 4 is 32.7 Å². The fraction of sp³-hybridized carbons (Fsp3) is 0.115. The van der Waals surface area contributed by atoms with Crippen molar-refractivity contribution in [2.45, 2.75) is 13.0 Å². The number of halogens is 1. The first-order valence-electron chi connectivity index (χ1n) is 9.90. The molecule has 4 aromatic carbocycles. The molecule has 0 atom stereocenters. The number of fused-ring (bicyclic) bond motifs is 1. The van der Waals surface area contributed by atoms with Gasteiger partial charge >= 0.3 is 5.97 Å². The summed E-state index contributed by atoms with van der Waals surface area (Å²) < 4.78 is 12.4. The maximum atomic E-state index is 10.9. The fourth-order valence-electron chi connectivity index (χ4n) is 3.42. The van der Waals surface area contributed by atoms with Crippen LogP contribution in [0.2, 0.25) is 0 Å². The summed E-state index contributed by atoms with van der Waals surface area (Å²) in [4.78, 5) is 10.9. The largest absolute Gasteiger partial charge is 0.489 e. The van der Waals surface area contributed by atoms with Gasteiger partial charge in [0.2, 0.25) is 0 Å². The summed E-state index contributed by atoms with van der Waals surface area (Å²) in [5.74, 6) is 0.257. The number of hydrogen-bond donors (Lipinski definition) is 1. The van der Waals surface area contributed by atoms with Gasteiger partial charge in [0.15, 0.2) is 6.61 Å². The van der Waals surface area contributed by atoms with Crippen LogP contribution in [0.5, 0.6) is 11.5 Å². The van der Waals surface area contributed by atoms with Crippen LogP contribution in [-0.4, -0.2) is 17.7 Å². The smallest absolute Gasteiger partial charge is 0.341 e. The highest BCUT2D eigenvalue weighted by Crippen LogP contribution is 2.37. The third kappa shape index (κ3) is 5.25. The monoisotopic (exact) mass is 476 g/mol. The molecule has 0 unspecified atom stereocenters. The molecular formula is C26H21BrO4. The van der Waals surface area contributed by atoms with Crippen molar-refractivity contribution < 1.29 is 19.4 Å². The quantitative estimate of drug-likeness (QED) is 0.327. The second-order valence-electron chi connectivity index (χ2n) is 7.18. The molecule has 1 N–H and O–H groups in total. The van der Waals surface area contributed by atoms with E-state index in [1.807, 2.05) is 60.7 Å². The SMILES string of the molecule is O=C(O)COc1ccc2cc(Cc3ccccc3)c(OCc3ccccc3)cc2c1Br. The Morgan fingerprint density at radius 2 is 1.48 bits per heavy atom. The van der Waals surface area contributed by atoms with Crippen molar-refractivity contribution in [1.29, 1.82) is 0 Å². The molecule has 4 nitrogen and oxygen atoms in total. The summed E-state index contributed by atoms with van der Waals surface area (Å²) in [5, 5.41) is 10.8. The lowest BCUT2D eigenvalue weighted by Crippen LogP contribution is -2.09. The summed E-state index contributed by atoms with van der Waals surface area (Å²) in [6.07, 6.45) is 0.746. The van der Waals surface area contributed by atoms with E-state index in [-0.39, 0.29) is 0 Å². The summed E-state index contributed by atoms with van der Waals surface area (Å²) in [7, 11) is 0. The lowest BCUT2D eigenvalue weighted by atomic mass is 9.99. The van der Waals surface area contributed by atoms with Gasteiger partial charge in [-0.1, -0.05) is 66.7 Å². The number of carboxylic acid groups (broad SMARTS) is 1. The van der Waals surface area contributed by atoms with Crippen LogP contribution < -0.4 is 9.47 Å². The van der Waals surface area contributed by atoms with Crippen LogP contribution >= 0.6 is 15.9 Å². The predicted octanol–water partition coefficient (Wildman–Crippen LogP) is 6.24. The Labute approximate surface area is 189 Å². The van der Waals surface area contributed by atoms with E-state index in [4.69, 9.17) is 14.6 Å². The Morgan fingerprint density at radius 3 is 2.16 bits per heavy atom. The summed E-state index contributed by atoms with van der Waals surface area (Å²) in [6, 6.07) is 28.1. The Hall–Kier alpha value is -3.31. The predicted molar refractivity (Wildman–Crippen MR) is 125 cm³/mol. The van der Waals surface area contributed by atoms with E-state index in [1.165, 1.54) is 5.56 Å². The van der Waals surface area contributed by atoms with E-state index in [1.54, 1.807) is 6.07 Å². The van der Waals surface area contributed by atoms with Gasteiger partial charge in [-0.05, 0) is 56.2 Å². The van der Waals surface area contributed by atoms with E-state index in [0.29, 0.717) is 16.8 Å². The van der Waals surface area contributed by atoms with Gasteiger partial charge in [0.05, 0.1) is 4.47 Å². The van der Waals surface area contributed by atoms with Crippen LogP contribution in [0.4, 0.5) is 0 Å². The Morgan fingerprint density at radius 1 is 0.806 bits per heavy atom. The normalized spacial score (nSPS) is 10.7. The number of carbonyl (C=O) groups is 1. The van der Waals surface area contributed by atoms with Gasteiger partial charge in [0, 0.05) is 11.8 Å². The van der Waals surface area contributed by atoms with E-state index < -0.39 is 12.6 Å². The molecule has 5 heteroatoms. The highest BCUT2D eigenvalue weighted by atomic mass is 79.9. The molecule has 0 amide bonds. The molecular weight excluding hydrogens is 456 g/mol. The van der Waals surface area contributed by atoms with Crippen LogP contribution in [0.15, 0.2) is 89.4 Å². The van der Waals surface area contributed by atoms with Crippen LogP contribution in [0.1, 0.15) is 16.7 Å². The molecule has 0 bridgehead atoms. The van der Waals surface area contributed by atoms with Gasteiger partial charge in [0.1, 0.15) is 18.1 Å². The molecule has 0 saturated carbocycles. The molecule has 0 aliphatic rings. The first-order valence-corrected chi connectivity index (χ1v) is 10.7. The zero-order valence-electron chi connectivity index (χ0n) is 16.8. The summed E-state index contributed by atoms with van der Waals surface area (Å²) in [5.41, 5.74) is 3.37. The van der Waals surface area contributed by atoms with Crippen molar-refractivity contribution in [3.05, 3.63) is 106 Å². The first-order chi connectivity index (χ1) is 15.1. The zero-order valence-corrected chi connectivity index (χ0v) is 18.3. The van der Waals surface area contributed by atoms with Gasteiger partial charge in [-0.3, -0.25) is 0 Å². The number of carboxylic acids is 1. The van der Waals surface area contributed by atoms with Crippen molar-refractivity contribution in [2.75, 3.05) is 6.61 Å². The lowest BCUT2D eigenvalue weighted by molar-refractivity contribution is -0.139. The highest BCUT2D eigenvalue weighted by molar-refractivity contribution is 9.10. The van der Waals surface area contributed by atoms with Gasteiger partial charge in [0.25, 0.3) is 0 Å². The minimum atomic E-state index is -1.02. The van der Waals surface area contributed by atoms with E-state index in [9.17, 15) is 4.79 Å². The molecule has 4 rings (SSSR count). The molecule has 4 aromatic rings. The molecule has 0 spiro atoms. The van der Waals surface area contributed by atoms with Gasteiger partial charge in [-0.2, -0.15) is 0 Å². The van der Waals surface area contributed by atoms with Crippen LogP contribution in [0, 0.1) is 0 Å². The van der Waals surface area contributed by atoms with Crippen LogP contribution in [0.3, 0.4) is 0 Å². The van der Waals surface area contributed by atoms with E-state index >= 15 is 0 Å². The molecule has 156 valence electrons. The van der Waals surface area contributed by atoms with E-state index in [2.05, 4.69) is 34.1 Å². The number of rotatable bonds is 8. The summed E-state index contributed by atoms with van der Waals surface area (Å²) >= 11 is 3.58. The second-order valence-corrected chi connectivity index (χ2v) is 7.97. The number of hydrogen-bond acceptors (Lipinski definition) is 3. The van der Waals surface area contributed by atoms with Gasteiger partial charge in [-0.15, -0.1) is 0 Å². The van der Waals surface area contributed by atoms with Crippen molar-refractivity contribution in [2.24, 2.45) is 0 Å². The third-order valence-corrected chi connectivity index (χ3v) is 5.74. The van der Waals surface area contributed by atoms with Crippen LogP contribution in [0.25, 0.3) is 10.8 Å². The maximum absolute atomic E-state index is 10.9. The summed E-state index contributed by atoms with van der Waals surface area (Å²) in [6.45, 7) is 0.0640. The zero-order chi connectivity index (χ0) is 21.6. The average Bonchev–Trinajstić information content (AvgIpc) is 2.79. The first kappa shape index (κ1) is 20.9. The molecule has 0 saturated heterocycles. The van der Waals surface area contributed by atoms with Crippen molar-refractivity contribution in [3.8, 4) is 11.5 Å². The molecule has 0 heterocycles. The Balaban J connectivity index is 1.72. The third-order valence-electron chi connectivity index (χ3n) is 4.93. The number of benzene rings is 4. The topological polar surface area (TPSA) is 55.8 Å². The molecule has 0 radical (unpaired) electrons.